The van der Waals surface area contributed by atoms with Crippen LogP contribution in [0, 0.1) is 6.92 Å². The van der Waals surface area contributed by atoms with Crippen LogP contribution in [0.4, 0.5) is 5.69 Å². The van der Waals surface area contributed by atoms with Crippen LogP contribution in [-0.4, -0.2) is 24.2 Å². The maximum absolute atomic E-state index is 12.5. The van der Waals surface area contributed by atoms with Crippen LogP contribution in [0.25, 0.3) is 0 Å². The van der Waals surface area contributed by atoms with Crippen LogP contribution in [0.5, 0.6) is 5.75 Å². The monoisotopic (exact) mass is 307 g/mol. The van der Waals surface area contributed by atoms with E-state index >= 15 is 0 Å². The highest BCUT2D eigenvalue weighted by molar-refractivity contribution is 5.97. The summed E-state index contributed by atoms with van der Waals surface area (Å²) in [7, 11) is 0. The molecular weight excluding hydrogens is 278 g/mol. The Balaban J connectivity index is 2.81. The van der Waals surface area contributed by atoms with E-state index in [1.165, 1.54) is 0 Å². The van der Waals surface area contributed by atoms with Gasteiger partial charge in [0.1, 0.15) is 11.4 Å². The van der Waals surface area contributed by atoms with Crippen molar-refractivity contribution in [1.29, 1.82) is 0 Å². The summed E-state index contributed by atoms with van der Waals surface area (Å²) >= 11 is 0. The molecule has 0 saturated carbocycles. The fourth-order valence-electron chi connectivity index (χ4n) is 2.03. The molecule has 0 radical (unpaired) electrons. The Morgan fingerprint density at radius 3 is 2.50 bits per heavy atom. The zero-order chi connectivity index (χ0) is 16.8. The highest BCUT2D eigenvalue weighted by Gasteiger charge is 2.32. The lowest BCUT2D eigenvalue weighted by molar-refractivity contribution is -0.139. The molecule has 0 bridgehead atoms. The predicted molar refractivity (Wildman–Crippen MR) is 90.5 cm³/mol. The van der Waals surface area contributed by atoms with Crippen molar-refractivity contribution in [2.45, 2.75) is 66.1 Å². The Morgan fingerprint density at radius 2 is 2.00 bits per heavy atom. The number of hydrogen-bond acceptors (Lipinski definition) is 3. The second-order valence-corrected chi connectivity index (χ2v) is 6.03. The lowest BCUT2D eigenvalue weighted by atomic mass is 10.0. The van der Waals surface area contributed by atoms with E-state index in [0.717, 1.165) is 23.4 Å². The minimum atomic E-state index is -0.795. The third-order valence-electron chi connectivity index (χ3n) is 3.58. The fraction of sp³-hybridized carbons (Fsp3) is 0.611. The van der Waals surface area contributed by atoms with Gasteiger partial charge in [0, 0.05) is 12.3 Å². The quantitative estimate of drug-likeness (QED) is 0.778. The average molecular weight is 307 g/mol. The minimum absolute atomic E-state index is 0.111. The maximum Gasteiger partial charge on any atom is 0.256 e. The number of aryl methyl sites for hydroxylation is 1. The molecule has 0 aromatic heterocycles. The smallest absolute Gasteiger partial charge is 0.256 e. The van der Waals surface area contributed by atoms with Gasteiger partial charge in [-0.3, -0.25) is 4.79 Å². The first kappa shape index (κ1) is 18.5. The largest absolute Gasteiger partial charge is 0.491 e. The van der Waals surface area contributed by atoms with Crippen LogP contribution in [-0.2, 0) is 9.53 Å². The molecule has 0 aliphatic heterocycles. The molecule has 1 aromatic carbocycles. The van der Waals surface area contributed by atoms with E-state index in [-0.39, 0.29) is 12.0 Å². The van der Waals surface area contributed by atoms with Gasteiger partial charge in [0.2, 0.25) is 0 Å². The van der Waals surface area contributed by atoms with Crippen molar-refractivity contribution in [2.24, 2.45) is 0 Å². The first-order chi connectivity index (χ1) is 10.3. The van der Waals surface area contributed by atoms with Gasteiger partial charge in [0.15, 0.2) is 0 Å². The standard InChI is InChI=1S/C18H29NO3/c1-7-11-21-18(6,8-2)17(20)19-15-9-10-16(14(5)12-15)22-13(3)4/h9-10,12-13H,7-8,11H2,1-6H3,(H,19,20). The van der Waals surface area contributed by atoms with Crippen molar-refractivity contribution in [1.82, 2.24) is 0 Å². The molecule has 22 heavy (non-hydrogen) atoms. The van der Waals surface area contributed by atoms with Crippen molar-refractivity contribution >= 4 is 11.6 Å². The molecule has 124 valence electrons. The first-order valence-corrected chi connectivity index (χ1v) is 8.05. The summed E-state index contributed by atoms with van der Waals surface area (Å²) in [6, 6.07) is 5.67. The topological polar surface area (TPSA) is 47.6 Å². The summed E-state index contributed by atoms with van der Waals surface area (Å²) in [5.41, 5.74) is 0.967. The molecule has 1 N–H and O–H groups in total. The third kappa shape index (κ3) is 5.02. The van der Waals surface area contributed by atoms with E-state index in [0.29, 0.717) is 13.0 Å². The van der Waals surface area contributed by atoms with Gasteiger partial charge in [0.05, 0.1) is 6.10 Å². The van der Waals surface area contributed by atoms with Crippen LogP contribution >= 0.6 is 0 Å². The molecule has 1 atom stereocenters. The number of hydrogen-bond donors (Lipinski definition) is 1. The van der Waals surface area contributed by atoms with Gasteiger partial charge >= 0.3 is 0 Å². The van der Waals surface area contributed by atoms with Crippen molar-refractivity contribution < 1.29 is 14.3 Å². The molecule has 0 aliphatic carbocycles. The zero-order valence-electron chi connectivity index (χ0n) is 14.7. The number of nitrogens with one attached hydrogen (secondary N) is 1. The summed E-state index contributed by atoms with van der Waals surface area (Å²) in [5, 5.41) is 2.94. The summed E-state index contributed by atoms with van der Waals surface area (Å²) in [5.74, 6) is 0.730. The lowest BCUT2D eigenvalue weighted by Gasteiger charge is -2.27. The Kier molecular flexibility index (Phi) is 6.88. The zero-order valence-corrected chi connectivity index (χ0v) is 14.7. The van der Waals surface area contributed by atoms with E-state index in [4.69, 9.17) is 9.47 Å². The number of carbonyl (C=O) groups is 1. The number of anilines is 1. The molecule has 0 spiro atoms. The second-order valence-electron chi connectivity index (χ2n) is 6.03. The van der Waals surface area contributed by atoms with E-state index in [9.17, 15) is 4.79 Å². The van der Waals surface area contributed by atoms with Gasteiger partial charge in [-0.2, -0.15) is 0 Å². The Morgan fingerprint density at radius 1 is 1.32 bits per heavy atom. The molecule has 1 unspecified atom stereocenters. The van der Waals surface area contributed by atoms with Crippen LogP contribution in [0.3, 0.4) is 0 Å². The number of benzene rings is 1. The van der Waals surface area contributed by atoms with Gasteiger partial charge in [-0.15, -0.1) is 0 Å². The van der Waals surface area contributed by atoms with Crippen LogP contribution < -0.4 is 10.1 Å². The molecule has 4 nitrogen and oxygen atoms in total. The highest BCUT2D eigenvalue weighted by atomic mass is 16.5. The van der Waals surface area contributed by atoms with E-state index in [2.05, 4.69) is 5.32 Å². The second kappa shape index (κ2) is 8.18. The van der Waals surface area contributed by atoms with Crippen LogP contribution in [0.15, 0.2) is 18.2 Å². The molecule has 1 amide bonds. The summed E-state index contributed by atoms with van der Waals surface area (Å²) in [4.78, 5) is 12.5. The summed E-state index contributed by atoms with van der Waals surface area (Å²) in [6.07, 6.45) is 1.65. The number of rotatable bonds is 8. The molecule has 0 aliphatic rings. The number of carbonyl (C=O) groups excluding carboxylic acids is 1. The number of ether oxygens (including phenoxy) is 2. The van der Waals surface area contributed by atoms with Gasteiger partial charge in [0.25, 0.3) is 5.91 Å². The first-order valence-electron chi connectivity index (χ1n) is 8.05. The van der Waals surface area contributed by atoms with Crippen molar-refractivity contribution in [3.63, 3.8) is 0 Å². The van der Waals surface area contributed by atoms with E-state index in [1.807, 2.05) is 59.7 Å². The molecule has 1 aromatic rings. The fourth-order valence-corrected chi connectivity index (χ4v) is 2.03. The highest BCUT2D eigenvalue weighted by Crippen LogP contribution is 2.25. The molecular formula is C18H29NO3. The van der Waals surface area contributed by atoms with E-state index < -0.39 is 5.60 Å². The predicted octanol–water partition coefficient (Wildman–Crippen LogP) is 4.32. The Bertz CT molecular complexity index is 499. The molecule has 4 heteroatoms. The van der Waals surface area contributed by atoms with Crippen LogP contribution in [0.2, 0.25) is 0 Å². The normalized spacial score (nSPS) is 13.8. The number of amides is 1. The molecule has 1 rings (SSSR count). The van der Waals surface area contributed by atoms with Gasteiger partial charge in [-0.1, -0.05) is 13.8 Å². The van der Waals surface area contributed by atoms with Crippen molar-refractivity contribution in [3.05, 3.63) is 23.8 Å². The molecule has 0 saturated heterocycles. The maximum atomic E-state index is 12.5. The third-order valence-corrected chi connectivity index (χ3v) is 3.58. The van der Waals surface area contributed by atoms with Gasteiger partial charge < -0.3 is 14.8 Å². The summed E-state index contributed by atoms with van der Waals surface area (Å²) in [6.45, 7) is 12.4. The van der Waals surface area contributed by atoms with Crippen LogP contribution in [0.1, 0.15) is 53.0 Å². The van der Waals surface area contributed by atoms with Gasteiger partial charge in [-0.25, -0.2) is 0 Å². The van der Waals surface area contributed by atoms with E-state index in [1.54, 1.807) is 0 Å². The average Bonchev–Trinajstić information content (AvgIpc) is 2.47. The van der Waals surface area contributed by atoms with Crippen molar-refractivity contribution in [2.75, 3.05) is 11.9 Å². The Hall–Kier alpha value is -1.55. The summed E-state index contributed by atoms with van der Waals surface area (Å²) < 4.78 is 11.4. The lowest BCUT2D eigenvalue weighted by Crippen LogP contribution is -2.42. The SMILES string of the molecule is CCCOC(C)(CC)C(=O)Nc1ccc(OC(C)C)c(C)c1. The minimum Gasteiger partial charge on any atom is -0.491 e. The van der Waals surface area contributed by atoms with Crippen molar-refractivity contribution in [3.8, 4) is 5.75 Å². The molecule has 0 heterocycles. The van der Waals surface area contributed by atoms with Gasteiger partial charge in [-0.05, 0) is 64.3 Å². The Labute approximate surface area is 134 Å². The molecule has 0 fully saturated rings.